The Kier molecular flexibility index (Phi) is 9.25. The predicted molar refractivity (Wildman–Crippen MR) is 132 cm³/mol. The van der Waals surface area contributed by atoms with Crippen molar-refractivity contribution in [1.82, 2.24) is 5.32 Å². The number of rotatable bonds is 10. The lowest BCUT2D eigenvalue weighted by molar-refractivity contribution is -0.121. The second-order valence-electron chi connectivity index (χ2n) is 8.51. The molecule has 32 heavy (non-hydrogen) atoms. The van der Waals surface area contributed by atoms with E-state index in [-0.39, 0.29) is 29.3 Å². The molecular weight excluding hydrogens is 471 g/mol. The van der Waals surface area contributed by atoms with Crippen LogP contribution in [0.3, 0.4) is 0 Å². The van der Waals surface area contributed by atoms with E-state index in [4.69, 9.17) is 27.9 Å². The summed E-state index contributed by atoms with van der Waals surface area (Å²) in [6.07, 6.45) is 1.66. The molecule has 0 spiro atoms. The summed E-state index contributed by atoms with van der Waals surface area (Å²) in [6, 6.07) is 12.5. The van der Waals surface area contributed by atoms with Gasteiger partial charge >= 0.3 is 0 Å². The zero-order valence-electron chi connectivity index (χ0n) is 18.8. The summed E-state index contributed by atoms with van der Waals surface area (Å²) in [5.74, 6) is 0.580. The standard InChI is InChI=1S/C23H30Cl2N2O4S/c1-23(2,3)17-7-10-19(11-8-17)31-15-13-26-22(28)6-5-14-27(32(4,29)30)18-9-12-20(24)21(25)16-18/h7-12,16H,5-6,13-15H2,1-4H3,(H,26,28). The monoisotopic (exact) mass is 500 g/mol. The van der Waals surface area contributed by atoms with Crippen molar-refractivity contribution in [3.8, 4) is 5.75 Å². The zero-order valence-corrected chi connectivity index (χ0v) is 21.1. The molecule has 1 amide bonds. The summed E-state index contributed by atoms with van der Waals surface area (Å²) in [6.45, 7) is 7.32. The first-order chi connectivity index (χ1) is 14.9. The number of amides is 1. The Morgan fingerprint density at radius 2 is 1.72 bits per heavy atom. The van der Waals surface area contributed by atoms with Crippen LogP contribution in [0.25, 0.3) is 0 Å². The topological polar surface area (TPSA) is 75.7 Å². The van der Waals surface area contributed by atoms with Crippen molar-refractivity contribution >= 4 is 44.8 Å². The Hall–Kier alpha value is -1.96. The summed E-state index contributed by atoms with van der Waals surface area (Å²) in [5, 5.41) is 3.40. The van der Waals surface area contributed by atoms with E-state index in [0.717, 1.165) is 12.0 Å². The number of nitrogens with zero attached hydrogens (tertiary/aromatic N) is 1. The molecule has 0 aliphatic heterocycles. The molecule has 2 aromatic carbocycles. The van der Waals surface area contributed by atoms with E-state index in [1.807, 2.05) is 24.3 Å². The number of ether oxygens (including phenoxy) is 1. The molecule has 176 valence electrons. The molecule has 1 N–H and O–H groups in total. The van der Waals surface area contributed by atoms with Gasteiger partial charge in [0, 0.05) is 13.0 Å². The van der Waals surface area contributed by atoms with Gasteiger partial charge in [0.2, 0.25) is 15.9 Å². The molecule has 0 saturated carbocycles. The number of hydrogen-bond donors (Lipinski definition) is 1. The minimum atomic E-state index is -3.53. The molecule has 2 rings (SSSR count). The van der Waals surface area contributed by atoms with Crippen molar-refractivity contribution in [1.29, 1.82) is 0 Å². The molecule has 0 aromatic heterocycles. The molecule has 2 aromatic rings. The van der Waals surface area contributed by atoms with E-state index >= 15 is 0 Å². The molecule has 0 bridgehead atoms. The second-order valence-corrected chi connectivity index (χ2v) is 11.2. The van der Waals surface area contributed by atoms with Gasteiger partial charge in [-0.05, 0) is 47.7 Å². The van der Waals surface area contributed by atoms with Crippen molar-refractivity contribution < 1.29 is 17.9 Å². The maximum absolute atomic E-state index is 12.2. The third-order valence-corrected chi connectivity index (χ3v) is 6.70. The minimum absolute atomic E-state index is 0.0824. The number of nitrogens with one attached hydrogen (secondary N) is 1. The molecule has 0 fully saturated rings. The van der Waals surface area contributed by atoms with Gasteiger partial charge < -0.3 is 10.1 Å². The molecular formula is C23H30Cl2N2O4S. The van der Waals surface area contributed by atoms with E-state index in [2.05, 4.69) is 26.1 Å². The van der Waals surface area contributed by atoms with E-state index < -0.39 is 10.0 Å². The number of halogens is 2. The van der Waals surface area contributed by atoms with Gasteiger partial charge in [0.15, 0.2) is 0 Å². The summed E-state index contributed by atoms with van der Waals surface area (Å²) in [7, 11) is -3.53. The molecule has 0 aliphatic carbocycles. The molecule has 0 saturated heterocycles. The molecule has 0 radical (unpaired) electrons. The van der Waals surface area contributed by atoms with E-state index in [1.165, 1.54) is 15.9 Å². The minimum Gasteiger partial charge on any atom is -0.492 e. The van der Waals surface area contributed by atoms with Crippen LogP contribution in [0.2, 0.25) is 10.0 Å². The third kappa shape index (κ3) is 8.19. The van der Waals surface area contributed by atoms with Crippen molar-refractivity contribution in [3.63, 3.8) is 0 Å². The van der Waals surface area contributed by atoms with Crippen LogP contribution in [-0.2, 0) is 20.2 Å². The first kappa shape index (κ1) is 26.3. The fraction of sp³-hybridized carbons (Fsp3) is 0.435. The highest BCUT2D eigenvalue weighted by molar-refractivity contribution is 7.92. The highest BCUT2D eigenvalue weighted by Crippen LogP contribution is 2.28. The number of anilines is 1. The summed E-state index contributed by atoms with van der Waals surface area (Å²) in [4.78, 5) is 12.1. The van der Waals surface area contributed by atoms with Gasteiger partial charge in [0.05, 0.1) is 28.5 Å². The summed E-state index contributed by atoms with van der Waals surface area (Å²) < 4.78 is 31.2. The average molecular weight is 501 g/mol. The molecule has 0 unspecified atom stereocenters. The van der Waals surface area contributed by atoms with Crippen LogP contribution in [0.1, 0.15) is 39.2 Å². The zero-order chi connectivity index (χ0) is 23.9. The second kappa shape index (κ2) is 11.3. The van der Waals surface area contributed by atoms with Gasteiger partial charge in [-0.25, -0.2) is 8.42 Å². The van der Waals surface area contributed by atoms with Crippen LogP contribution < -0.4 is 14.4 Å². The van der Waals surface area contributed by atoms with E-state index in [1.54, 1.807) is 12.1 Å². The van der Waals surface area contributed by atoms with Crippen molar-refractivity contribution in [2.45, 2.75) is 39.0 Å². The van der Waals surface area contributed by atoms with Crippen LogP contribution >= 0.6 is 23.2 Å². The largest absolute Gasteiger partial charge is 0.492 e. The Bertz CT molecular complexity index is 1020. The number of sulfonamides is 1. The van der Waals surface area contributed by atoms with E-state index in [9.17, 15) is 13.2 Å². The SMILES string of the molecule is CC(C)(C)c1ccc(OCCNC(=O)CCCN(c2ccc(Cl)c(Cl)c2)S(C)(=O)=O)cc1. The van der Waals surface area contributed by atoms with Gasteiger partial charge in [-0.3, -0.25) is 9.10 Å². The number of hydrogen-bond acceptors (Lipinski definition) is 4. The lowest BCUT2D eigenvalue weighted by Crippen LogP contribution is -2.32. The number of carbonyl (C=O) groups excluding carboxylic acids is 1. The van der Waals surface area contributed by atoms with Gasteiger partial charge in [0.1, 0.15) is 12.4 Å². The molecule has 0 atom stereocenters. The Labute approximate surface area is 200 Å². The highest BCUT2D eigenvalue weighted by Gasteiger charge is 2.18. The fourth-order valence-electron chi connectivity index (χ4n) is 3.01. The fourth-order valence-corrected chi connectivity index (χ4v) is 4.26. The van der Waals surface area contributed by atoms with Crippen LogP contribution in [0.4, 0.5) is 5.69 Å². The molecule has 0 aliphatic rings. The smallest absolute Gasteiger partial charge is 0.232 e. The first-order valence-electron chi connectivity index (χ1n) is 10.3. The molecule has 9 heteroatoms. The number of benzene rings is 2. The maximum atomic E-state index is 12.2. The van der Waals surface area contributed by atoms with Gasteiger partial charge in [0.25, 0.3) is 0 Å². The maximum Gasteiger partial charge on any atom is 0.232 e. The van der Waals surface area contributed by atoms with E-state index in [0.29, 0.717) is 30.3 Å². The molecule has 0 heterocycles. The first-order valence-corrected chi connectivity index (χ1v) is 12.9. The Morgan fingerprint density at radius 1 is 1.06 bits per heavy atom. The molecule has 6 nitrogen and oxygen atoms in total. The van der Waals surface area contributed by atoms with Gasteiger partial charge in [-0.2, -0.15) is 0 Å². The third-order valence-electron chi connectivity index (χ3n) is 4.77. The predicted octanol–water partition coefficient (Wildman–Crippen LogP) is 5.03. The van der Waals surface area contributed by atoms with Crippen LogP contribution in [0.5, 0.6) is 5.75 Å². The quantitative estimate of drug-likeness (QED) is 0.464. The summed E-state index contributed by atoms with van der Waals surface area (Å²) in [5.41, 5.74) is 1.72. The number of carbonyl (C=O) groups is 1. The lowest BCUT2D eigenvalue weighted by atomic mass is 9.87. The Balaban J connectivity index is 1.76. The Morgan fingerprint density at radius 3 is 2.28 bits per heavy atom. The van der Waals surface area contributed by atoms with Crippen molar-refractivity contribution in [3.05, 3.63) is 58.1 Å². The van der Waals surface area contributed by atoms with Gasteiger partial charge in [-0.1, -0.05) is 56.1 Å². The van der Waals surface area contributed by atoms with Crippen molar-refractivity contribution in [2.24, 2.45) is 0 Å². The van der Waals surface area contributed by atoms with Crippen LogP contribution in [-0.4, -0.2) is 40.3 Å². The summed E-state index contributed by atoms with van der Waals surface area (Å²) >= 11 is 11.9. The lowest BCUT2D eigenvalue weighted by Gasteiger charge is -2.22. The van der Waals surface area contributed by atoms with Crippen LogP contribution in [0.15, 0.2) is 42.5 Å². The average Bonchev–Trinajstić information content (AvgIpc) is 2.69. The van der Waals surface area contributed by atoms with Crippen molar-refractivity contribution in [2.75, 3.05) is 30.3 Å². The van der Waals surface area contributed by atoms with Gasteiger partial charge in [-0.15, -0.1) is 0 Å². The normalized spacial score (nSPS) is 11.8. The highest BCUT2D eigenvalue weighted by atomic mass is 35.5. The van der Waals surface area contributed by atoms with Crippen LogP contribution in [0, 0.1) is 0 Å².